The van der Waals surface area contributed by atoms with Crippen molar-refractivity contribution in [2.75, 3.05) is 0 Å². The minimum absolute atomic E-state index is 0.434. The Kier molecular flexibility index (Phi) is 2.76. The second kappa shape index (κ2) is 3.62. The van der Waals surface area contributed by atoms with Crippen LogP contribution < -0.4 is 0 Å². The Labute approximate surface area is 76.7 Å². The smallest absolute Gasteiger partial charge is 0.0643 e. The fourth-order valence-electron chi connectivity index (χ4n) is 0.618. The molecule has 3 nitrogen and oxygen atoms in total. The van der Waals surface area contributed by atoms with Crippen molar-refractivity contribution in [2.45, 2.75) is 0 Å². The van der Waals surface area contributed by atoms with Gasteiger partial charge in [-0.05, 0) is 27.5 Å². The van der Waals surface area contributed by atoms with Gasteiger partial charge in [-0.15, -0.1) is 0 Å². The number of azide groups is 1. The highest BCUT2D eigenvalue weighted by Gasteiger charge is 1.99. The van der Waals surface area contributed by atoms with Gasteiger partial charge in [0.2, 0.25) is 0 Å². The lowest BCUT2D eigenvalue weighted by Gasteiger charge is -1.96. The molecule has 0 spiro atoms. The molecular formula is C6H3BrClN3. The summed E-state index contributed by atoms with van der Waals surface area (Å²) < 4.78 is 0.726. The van der Waals surface area contributed by atoms with Crippen LogP contribution in [0.4, 0.5) is 5.69 Å². The zero-order chi connectivity index (χ0) is 8.27. The number of hydrogen-bond acceptors (Lipinski definition) is 1. The first kappa shape index (κ1) is 8.40. The lowest BCUT2D eigenvalue weighted by molar-refractivity contribution is 1.46. The summed E-state index contributed by atoms with van der Waals surface area (Å²) in [6, 6.07) is 5.17. The molecule has 0 saturated heterocycles. The second-order valence-electron chi connectivity index (χ2n) is 1.76. The van der Waals surface area contributed by atoms with Crippen LogP contribution in [0, 0.1) is 0 Å². The molecule has 1 rings (SSSR count). The Bertz CT molecular complexity index is 320. The number of benzene rings is 1. The van der Waals surface area contributed by atoms with E-state index in [1.165, 1.54) is 0 Å². The van der Waals surface area contributed by atoms with Crippen LogP contribution in [-0.4, -0.2) is 0 Å². The monoisotopic (exact) mass is 231 g/mol. The average Bonchev–Trinajstić information content (AvgIpc) is 1.99. The molecule has 0 aromatic heterocycles. The van der Waals surface area contributed by atoms with Gasteiger partial charge in [-0.1, -0.05) is 28.8 Å². The molecule has 0 fully saturated rings. The summed E-state index contributed by atoms with van der Waals surface area (Å²) in [5.74, 6) is 0. The Morgan fingerprint density at radius 2 is 2.27 bits per heavy atom. The van der Waals surface area contributed by atoms with Crippen LogP contribution in [-0.2, 0) is 0 Å². The van der Waals surface area contributed by atoms with E-state index in [0.717, 1.165) is 4.47 Å². The molecule has 0 aliphatic heterocycles. The molecule has 5 heteroatoms. The molecule has 0 unspecified atom stereocenters. The SMILES string of the molecule is [N-]=[N+]=Nc1cccc(Br)c1Cl. The van der Waals surface area contributed by atoms with E-state index in [1.54, 1.807) is 18.2 Å². The largest absolute Gasteiger partial charge is 0.0826 e. The van der Waals surface area contributed by atoms with Crippen molar-refractivity contribution in [1.29, 1.82) is 0 Å². The van der Waals surface area contributed by atoms with Crippen molar-refractivity contribution in [3.8, 4) is 0 Å². The van der Waals surface area contributed by atoms with Gasteiger partial charge >= 0.3 is 0 Å². The summed E-state index contributed by atoms with van der Waals surface area (Å²) in [5.41, 5.74) is 8.55. The van der Waals surface area contributed by atoms with Crippen LogP contribution in [0.5, 0.6) is 0 Å². The molecule has 0 atom stereocenters. The summed E-state index contributed by atoms with van der Waals surface area (Å²) in [5, 5.41) is 3.82. The van der Waals surface area contributed by atoms with Crippen LogP contribution in [0.15, 0.2) is 27.8 Å². The predicted molar refractivity (Wildman–Crippen MR) is 48.0 cm³/mol. The number of rotatable bonds is 1. The third kappa shape index (κ3) is 1.87. The van der Waals surface area contributed by atoms with Crippen molar-refractivity contribution >= 4 is 33.2 Å². The summed E-state index contributed by atoms with van der Waals surface area (Å²) in [6.45, 7) is 0. The molecule has 1 aromatic rings. The number of halogens is 2. The zero-order valence-electron chi connectivity index (χ0n) is 5.33. The maximum atomic E-state index is 8.12. The molecular weight excluding hydrogens is 229 g/mol. The molecule has 0 saturated carbocycles. The Morgan fingerprint density at radius 3 is 2.91 bits per heavy atom. The first-order chi connectivity index (χ1) is 5.25. The van der Waals surface area contributed by atoms with E-state index in [1.807, 2.05) is 0 Å². The predicted octanol–water partition coefficient (Wildman–Crippen LogP) is 4.04. The standard InChI is InChI=1S/C6H3BrClN3/c7-4-2-1-3-5(6(4)8)10-11-9/h1-3H. The van der Waals surface area contributed by atoms with Gasteiger partial charge in [-0.2, -0.15) is 0 Å². The van der Waals surface area contributed by atoms with Crippen LogP contribution >= 0.6 is 27.5 Å². The van der Waals surface area contributed by atoms with E-state index in [9.17, 15) is 0 Å². The van der Waals surface area contributed by atoms with Gasteiger partial charge in [-0.3, -0.25) is 0 Å². The van der Waals surface area contributed by atoms with Gasteiger partial charge in [0.05, 0.1) is 10.7 Å². The van der Waals surface area contributed by atoms with Crippen molar-refractivity contribution < 1.29 is 0 Å². The van der Waals surface area contributed by atoms with Gasteiger partial charge in [0, 0.05) is 9.38 Å². The Hall–Kier alpha value is -0.700. The molecule has 0 aliphatic carbocycles. The van der Waals surface area contributed by atoms with Crippen molar-refractivity contribution in [3.63, 3.8) is 0 Å². The number of nitrogens with zero attached hydrogens (tertiary/aromatic N) is 3. The van der Waals surface area contributed by atoms with Gasteiger partial charge < -0.3 is 0 Å². The van der Waals surface area contributed by atoms with E-state index >= 15 is 0 Å². The maximum Gasteiger partial charge on any atom is 0.0643 e. The second-order valence-corrected chi connectivity index (χ2v) is 2.99. The van der Waals surface area contributed by atoms with E-state index in [4.69, 9.17) is 17.1 Å². The van der Waals surface area contributed by atoms with Crippen LogP contribution in [0.2, 0.25) is 5.02 Å². The maximum absolute atomic E-state index is 8.12. The molecule has 11 heavy (non-hydrogen) atoms. The highest BCUT2D eigenvalue weighted by molar-refractivity contribution is 9.10. The fourth-order valence-corrected chi connectivity index (χ4v) is 1.14. The van der Waals surface area contributed by atoms with Crippen LogP contribution in [0.25, 0.3) is 10.4 Å². The van der Waals surface area contributed by atoms with Gasteiger partial charge in [0.15, 0.2) is 0 Å². The molecule has 0 amide bonds. The molecule has 0 radical (unpaired) electrons. The lowest BCUT2D eigenvalue weighted by Crippen LogP contribution is -1.68. The van der Waals surface area contributed by atoms with E-state index < -0.39 is 0 Å². The third-order valence-electron chi connectivity index (χ3n) is 1.08. The minimum Gasteiger partial charge on any atom is -0.0826 e. The van der Waals surface area contributed by atoms with Crippen LogP contribution in [0.3, 0.4) is 0 Å². The van der Waals surface area contributed by atoms with E-state index in [-0.39, 0.29) is 0 Å². The summed E-state index contributed by atoms with van der Waals surface area (Å²) in [4.78, 5) is 2.63. The summed E-state index contributed by atoms with van der Waals surface area (Å²) in [6.07, 6.45) is 0. The van der Waals surface area contributed by atoms with Crippen molar-refractivity contribution in [3.05, 3.63) is 38.1 Å². The highest BCUT2D eigenvalue weighted by Crippen LogP contribution is 2.31. The lowest BCUT2D eigenvalue weighted by atomic mass is 10.3. The average molecular weight is 232 g/mol. The topological polar surface area (TPSA) is 48.8 Å². The molecule has 0 aliphatic rings. The van der Waals surface area contributed by atoms with Crippen molar-refractivity contribution in [2.24, 2.45) is 5.11 Å². The Morgan fingerprint density at radius 1 is 1.55 bits per heavy atom. The minimum atomic E-state index is 0.434. The van der Waals surface area contributed by atoms with Gasteiger partial charge in [-0.25, -0.2) is 0 Å². The fraction of sp³-hybridized carbons (Fsp3) is 0. The highest BCUT2D eigenvalue weighted by atomic mass is 79.9. The molecule has 0 heterocycles. The van der Waals surface area contributed by atoms with Gasteiger partial charge in [0.1, 0.15) is 0 Å². The van der Waals surface area contributed by atoms with E-state index in [0.29, 0.717) is 10.7 Å². The molecule has 0 bridgehead atoms. The van der Waals surface area contributed by atoms with Gasteiger partial charge in [0.25, 0.3) is 0 Å². The molecule has 1 aromatic carbocycles. The third-order valence-corrected chi connectivity index (χ3v) is 2.37. The normalized spacial score (nSPS) is 8.91. The molecule has 0 N–H and O–H groups in total. The first-order valence-electron chi connectivity index (χ1n) is 2.75. The number of hydrogen-bond donors (Lipinski definition) is 0. The van der Waals surface area contributed by atoms with E-state index in [2.05, 4.69) is 26.0 Å². The zero-order valence-corrected chi connectivity index (χ0v) is 7.67. The first-order valence-corrected chi connectivity index (χ1v) is 3.92. The quantitative estimate of drug-likeness (QED) is 0.398. The summed E-state index contributed by atoms with van der Waals surface area (Å²) >= 11 is 8.96. The summed E-state index contributed by atoms with van der Waals surface area (Å²) in [7, 11) is 0. The van der Waals surface area contributed by atoms with Crippen molar-refractivity contribution in [1.82, 2.24) is 0 Å². The molecule has 56 valence electrons. The Balaban J connectivity index is 3.26. The van der Waals surface area contributed by atoms with Crippen LogP contribution in [0.1, 0.15) is 0 Å².